The van der Waals surface area contributed by atoms with Gasteiger partial charge in [-0.15, -0.1) is 0 Å². The van der Waals surface area contributed by atoms with Crippen LogP contribution in [-0.4, -0.2) is 16.9 Å². The third-order valence-corrected chi connectivity index (χ3v) is 2.56. The number of nitrogen functional groups attached to an aromatic ring is 1. The highest BCUT2D eigenvalue weighted by atomic mass is 19.4. The van der Waals surface area contributed by atoms with E-state index in [4.69, 9.17) is 10.5 Å². The van der Waals surface area contributed by atoms with Crippen LogP contribution >= 0.6 is 0 Å². The summed E-state index contributed by atoms with van der Waals surface area (Å²) in [5, 5.41) is 3.45. The van der Waals surface area contributed by atoms with Crippen LogP contribution in [-0.2, 0) is 12.7 Å². The van der Waals surface area contributed by atoms with Gasteiger partial charge < -0.3 is 10.5 Å². The van der Waals surface area contributed by atoms with Crippen molar-refractivity contribution in [3.8, 4) is 5.75 Å². The number of hydrogen-bond acceptors (Lipinski definition) is 3. The summed E-state index contributed by atoms with van der Waals surface area (Å²) in [6.07, 6.45) is -3.36. The van der Waals surface area contributed by atoms with E-state index in [9.17, 15) is 13.2 Å². The lowest BCUT2D eigenvalue weighted by Gasteiger charge is -2.04. The van der Waals surface area contributed by atoms with Crippen molar-refractivity contribution in [2.75, 3.05) is 12.8 Å². The van der Waals surface area contributed by atoms with Crippen LogP contribution in [0.4, 0.5) is 18.9 Å². The zero-order chi connectivity index (χ0) is 14.0. The molecule has 0 fully saturated rings. The highest BCUT2D eigenvalue weighted by Gasteiger charge is 2.36. The molecule has 1 aromatic carbocycles. The summed E-state index contributed by atoms with van der Waals surface area (Å²) in [6, 6.07) is 6.97. The van der Waals surface area contributed by atoms with Crippen LogP contribution < -0.4 is 10.5 Å². The molecule has 0 radical (unpaired) electrons. The van der Waals surface area contributed by atoms with Gasteiger partial charge in [0.15, 0.2) is 5.69 Å². The first-order valence-corrected chi connectivity index (χ1v) is 5.43. The first-order valence-electron chi connectivity index (χ1n) is 5.43. The number of hydrogen-bond donors (Lipinski definition) is 1. The van der Waals surface area contributed by atoms with Gasteiger partial charge in [-0.3, -0.25) is 4.68 Å². The molecule has 1 heterocycles. The van der Waals surface area contributed by atoms with E-state index in [0.29, 0.717) is 5.75 Å². The fraction of sp³-hybridized carbons (Fsp3) is 0.250. The standard InChI is InChI=1S/C12H12F3N3O/c1-19-9-4-2-8(3-5-9)6-18-7-10(16)11(17-18)12(13,14)15/h2-5,7H,6,16H2,1H3. The Balaban J connectivity index is 2.19. The Morgan fingerprint density at radius 2 is 1.89 bits per heavy atom. The maximum absolute atomic E-state index is 12.5. The third kappa shape index (κ3) is 2.98. The van der Waals surface area contributed by atoms with Gasteiger partial charge in [0.25, 0.3) is 0 Å². The molecule has 19 heavy (non-hydrogen) atoms. The molecule has 2 aromatic rings. The second-order valence-electron chi connectivity index (χ2n) is 3.98. The number of halogens is 3. The highest BCUT2D eigenvalue weighted by molar-refractivity contribution is 5.42. The summed E-state index contributed by atoms with van der Waals surface area (Å²) in [5.74, 6) is 0.680. The molecule has 0 spiro atoms. The van der Waals surface area contributed by atoms with Crippen molar-refractivity contribution in [3.63, 3.8) is 0 Å². The predicted octanol–water partition coefficient (Wildman–Crippen LogP) is 2.54. The number of nitrogens with two attached hydrogens (primary N) is 1. The molecule has 2 rings (SSSR count). The lowest BCUT2D eigenvalue weighted by Crippen LogP contribution is -2.10. The number of ether oxygens (including phenoxy) is 1. The molecule has 7 heteroatoms. The summed E-state index contributed by atoms with van der Waals surface area (Å²) in [7, 11) is 1.54. The third-order valence-electron chi connectivity index (χ3n) is 2.56. The average Bonchev–Trinajstić information content (AvgIpc) is 2.71. The van der Waals surface area contributed by atoms with Crippen molar-refractivity contribution in [1.29, 1.82) is 0 Å². The van der Waals surface area contributed by atoms with E-state index in [0.717, 1.165) is 5.56 Å². The van der Waals surface area contributed by atoms with Crippen LogP contribution in [0.25, 0.3) is 0 Å². The van der Waals surface area contributed by atoms with E-state index < -0.39 is 11.9 Å². The maximum Gasteiger partial charge on any atom is 0.437 e. The zero-order valence-electron chi connectivity index (χ0n) is 10.1. The fourth-order valence-electron chi connectivity index (χ4n) is 1.66. The number of alkyl halides is 3. The van der Waals surface area contributed by atoms with Gasteiger partial charge in [0, 0.05) is 6.20 Å². The summed E-state index contributed by atoms with van der Waals surface area (Å²) in [5.41, 5.74) is 4.68. The topological polar surface area (TPSA) is 53.1 Å². The first kappa shape index (κ1) is 13.3. The van der Waals surface area contributed by atoms with Crippen LogP contribution in [0.15, 0.2) is 30.5 Å². The van der Waals surface area contributed by atoms with Gasteiger partial charge >= 0.3 is 6.18 Å². The van der Waals surface area contributed by atoms with Gasteiger partial charge in [0.05, 0.1) is 19.3 Å². The molecule has 0 saturated carbocycles. The molecule has 0 bridgehead atoms. The van der Waals surface area contributed by atoms with Crippen molar-refractivity contribution in [2.45, 2.75) is 12.7 Å². The van der Waals surface area contributed by atoms with Crippen molar-refractivity contribution >= 4 is 5.69 Å². The molecule has 2 N–H and O–H groups in total. The summed E-state index contributed by atoms with van der Waals surface area (Å²) < 4.78 is 43.7. The molecule has 0 atom stereocenters. The smallest absolute Gasteiger partial charge is 0.437 e. The average molecular weight is 271 g/mol. The molecule has 102 valence electrons. The van der Waals surface area contributed by atoms with Crippen LogP contribution in [0.1, 0.15) is 11.3 Å². The molecule has 4 nitrogen and oxygen atoms in total. The van der Waals surface area contributed by atoms with Gasteiger partial charge in [-0.05, 0) is 17.7 Å². The van der Waals surface area contributed by atoms with E-state index in [1.54, 1.807) is 31.4 Å². The minimum Gasteiger partial charge on any atom is -0.497 e. The van der Waals surface area contributed by atoms with E-state index in [1.165, 1.54) is 10.9 Å². The lowest BCUT2D eigenvalue weighted by molar-refractivity contribution is -0.140. The molecular formula is C12H12F3N3O. The molecule has 0 aliphatic rings. The molecule has 0 aliphatic heterocycles. The van der Waals surface area contributed by atoms with Crippen LogP contribution in [0.3, 0.4) is 0 Å². The maximum atomic E-state index is 12.5. The molecule has 1 aromatic heterocycles. The lowest BCUT2D eigenvalue weighted by atomic mass is 10.2. The SMILES string of the molecule is COc1ccc(Cn2cc(N)c(C(F)(F)F)n2)cc1. The van der Waals surface area contributed by atoms with Crippen molar-refractivity contribution < 1.29 is 17.9 Å². The number of methoxy groups -OCH3 is 1. The number of anilines is 1. The van der Waals surface area contributed by atoms with E-state index in [-0.39, 0.29) is 12.2 Å². The number of aromatic nitrogens is 2. The Labute approximate surface area is 107 Å². The van der Waals surface area contributed by atoms with Crippen molar-refractivity contribution in [2.24, 2.45) is 0 Å². The Kier molecular flexibility index (Phi) is 3.37. The Bertz CT molecular complexity index is 561. The van der Waals surface area contributed by atoms with Crippen molar-refractivity contribution in [3.05, 3.63) is 41.7 Å². The van der Waals surface area contributed by atoms with E-state index >= 15 is 0 Å². The predicted molar refractivity (Wildman–Crippen MR) is 63.7 cm³/mol. The molecule has 0 unspecified atom stereocenters. The van der Waals surface area contributed by atoms with E-state index in [2.05, 4.69) is 5.10 Å². The second-order valence-corrected chi connectivity index (χ2v) is 3.98. The number of rotatable bonds is 3. The zero-order valence-corrected chi connectivity index (χ0v) is 10.1. The van der Waals surface area contributed by atoms with Gasteiger partial charge in [-0.25, -0.2) is 0 Å². The second kappa shape index (κ2) is 4.83. The van der Waals surface area contributed by atoms with Gasteiger partial charge in [0.2, 0.25) is 0 Å². The first-order chi connectivity index (χ1) is 8.90. The van der Waals surface area contributed by atoms with Crippen molar-refractivity contribution in [1.82, 2.24) is 9.78 Å². The normalized spacial score (nSPS) is 11.6. The quantitative estimate of drug-likeness (QED) is 0.933. The Morgan fingerprint density at radius 3 is 2.37 bits per heavy atom. The molecular weight excluding hydrogens is 259 g/mol. The Morgan fingerprint density at radius 1 is 1.26 bits per heavy atom. The van der Waals surface area contributed by atoms with E-state index in [1.807, 2.05) is 0 Å². The Hall–Kier alpha value is -2.18. The van der Waals surface area contributed by atoms with Crippen LogP contribution in [0.2, 0.25) is 0 Å². The van der Waals surface area contributed by atoms with Gasteiger partial charge in [-0.1, -0.05) is 12.1 Å². The summed E-state index contributed by atoms with van der Waals surface area (Å²) in [6.45, 7) is 0.213. The minimum absolute atomic E-state index is 0.213. The molecule has 0 aliphatic carbocycles. The molecule has 0 amide bonds. The van der Waals surface area contributed by atoms with Crippen LogP contribution in [0.5, 0.6) is 5.75 Å². The monoisotopic (exact) mass is 271 g/mol. The summed E-state index contributed by atoms with van der Waals surface area (Å²) >= 11 is 0. The number of benzene rings is 1. The number of nitrogens with zero attached hydrogens (tertiary/aromatic N) is 2. The molecule has 0 saturated heterocycles. The van der Waals surface area contributed by atoms with Gasteiger partial charge in [0.1, 0.15) is 5.75 Å². The fourth-order valence-corrected chi connectivity index (χ4v) is 1.66. The van der Waals surface area contributed by atoms with Crippen LogP contribution in [0, 0.1) is 0 Å². The summed E-state index contributed by atoms with van der Waals surface area (Å²) in [4.78, 5) is 0. The minimum atomic E-state index is -4.53. The highest BCUT2D eigenvalue weighted by Crippen LogP contribution is 2.32. The van der Waals surface area contributed by atoms with Gasteiger partial charge in [-0.2, -0.15) is 18.3 Å². The largest absolute Gasteiger partial charge is 0.497 e.